The molecule has 2 aromatic heterocycles. The van der Waals surface area contributed by atoms with Crippen LogP contribution in [0.15, 0.2) is 36.5 Å². The van der Waals surface area contributed by atoms with Gasteiger partial charge in [-0.05, 0) is 37.7 Å². The highest BCUT2D eigenvalue weighted by Crippen LogP contribution is 2.17. The average molecular weight is 271 g/mol. The van der Waals surface area contributed by atoms with E-state index in [0.717, 1.165) is 42.3 Å². The summed E-state index contributed by atoms with van der Waals surface area (Å²) < 4.78 is 5.85. The number of pyridine rings is 2. The fraction of sp³-hybridized carbons (Fsp3) is 0.375. The zero-order valence-corrected chi connectivity index (χ0v) is 12.1. The summed E-state index contributed by atoms with van der Waals surface area (Å²) in [5.74, 6) is 0.854. The number of aromatic nitrogens is 2. The van der Waals surface area contributed by atoms with E-state index >= 15 is 0 Å². The lowest BCUT2D eigenvalue weighted by Crippen LogP contribution is -2.15. The molecule has 2 rings (SSSR count). The SMILES string of the molecule is CCNCc1nc(C)ccc1OCCc1ccccn1. The van der Waals surface area contributed by atoms with Gasteiger partial charge in [0.25, 0.3) is 0 Å². The maximum Gasteiger partial charge on any atom is 0.142 e. The molecular weight excluding hydrogens is 250 g/mol. The van der Waals surface area contributed by atoms with Crippen LogP contribution in [-0.2, 0) is 13.0 Å². The Labute approximate surface area is 120 Å². The van der Waals surface area contributed by atoms with Crippen molar-refractivity contribution < 1.29 is 4.74 Å². The quantitative estimate of drug-likeness (QED) is 0.840. The van der Waals surface area contributed by atoms with Gasteiger partial charge < -0.3 is 10.1 Å². The van der Waals surface area contributed by atoms with Crippen LogP contribution in [0.5, 0.6) is 5.75 Å². The standard InChI is InChI=1S/C16H21N3O/c1-3-17-12-15-16(8-7-13(2)19-15)20-11-9-14-6-4-5-10-18-14/h4-8,10,17H,3,9,11-12H2,1-2H3. The second kappa shape index (κ2) is 7.60. The molecule has 0 aliphatic heterocycles. The van der Waals surface area contributed by atoms with Crippen LogP contribution < -0.4 is 10.1 Å². The van der Waals surface area contributed by atoms with Gasteiger partial charge >= 0.3 is 0 Å². The molecule has 0 spiro atoms. The molecule has 0 fully saturated rings. The predicted molar refractivity (Wildman–Crippen MR) is 79.8 cm³/mol. The van der Waals surface area contributed by atoms with Crippen LogP contribution in [-0.4, -0.2) is 23.1 Å². The van der Waals surface area contributed by atoms with Gasteiger partial charge in [-0.3, -0.25) is 9.97 Å². The zero-order chi connectivity index (χ0) is 14.2. The summed E-state index contributed by atoms with van der Waals surface area (Å²) >= 11 is 0. The first kappa shape index (κ1) is 14.5. The van der Waals surface area contributed by atoms with Crippen LogP contribution in [0.4, 0.5) is 0 Å². The Kier molecular flexibility index (Phi) is 5.50. The highest BCUT2D eigenvalue weighted by atomic mass is 16.5. The van der Waals surface area contributed by atoms with Gasteiger partial charge in [-0.25, -0.2) is 0 Å². The minimum absolute atomic E-state index is 0.612. The molecule has 0 amide bonds. The minimum Gasteiger partial charge on any atom is -0.491 e. The molecule has 2 heterocycles. The summed E-state index contributed by atoms with van der Waals surface area (Å²) in [5, 5.41) is 3.29. The first-order chi connectivity index (χ1) is 9.79. The van der Waals surface area contributed by atoms with Gasteiger partial charge in [0.05, 0.1) is 12.3 Å². The number of hydrogen-bond donors (Lipinski definition) is 1. The Balaban J connectivity index is 1.94. The van der Waals surface area contributed by atoms with Gasteiger partial charge in [0.1, 0.15) is 5.75 Å². The first-order valence-corrected chi connectivity index (χ1v) is 6.99. The van der Waals surface area contributed by atoms with E-state index in [1.807, 2.05) is 37.3 Å². The van der Waals surface area contributed by atoms with Crippen LogP contribution >= 0.6 is 0 Å². The molecule has 0 unspecified atom stereocenters. The van der Waals surface area contributed by atoms with Crippen LogP contribution in [0.25, 0.3) is 0 Å². The number of hydrogen-bond acceptors (Lipinski definition) is 4. The summed E-state index contributed by atoms with van der Waals surface area (Å²) in [6, 6.07) is 9.89. The van der Waals surface area contributed by atoms with Crippen molar-refractivity contribution in [3.05, 3.63) is 53.6 Å². The molecule has 4 nitrogen and oxygen atoms in total. The lowest BCUT2D eigenvalue weighted by Gasteiger charge is -2.11. The van der Waals surface area contributed by atoms with E-state index in [1.165, 1.54) is 0 Å². The van der Waals surface area contributed by atoms with E-state index in [2.05, 4.69) is 22.2 Å². The predicted octanol–water partition coefficient (Wildman–Crippen LogP) is 2.52. The summed E-state index contributed by atoms with van der Waals surface area (Å²) in [6.45, 7) is 6.34. The monoisotopic (exact) mass is 271 g/mol. The molecule has 4 heteroatoms. The number of aryl methyl sites for hydroxylation is 1. The van der Waals surface area contributed by atoms with Gasteiger partial charge in [-0.15, -0.1) is 0 Å². The number of nitrogens with zero attached hydrogens (tertiary/aromatic N) is 2. The molecular formula is C16H21N3O. The van der Waals surface area contributed by atoms with Crippen molar-refractivity contribution in [3.8, 4) is 5.75 Å². The molecule has 0 aliphatic rings. The lowest BCUT2D eigenvalue weighted by molar-refractivity contribution is 0.314. The molecule has 1 N–H and O–H groups in total. The van der Waals surface area contributed by atoms with Crippen molar-refractivity contribution in [3.63, 3.8) is 0 Å². The fourth-order valence-corrected chi connectivity index (χ4v) is 1.91. The van der Waals surface area contributed by atoms with Crippen molar-refractivity contribution in [2.75, 3.05) is 13.2 Å². The van der Waals surface area contributed by atoms with Gasteiger partial charge in [0, 0.05) is 30.6 Å². The van der Waals surface area contributed by atoms with Crippen molar-refractivity contribution >= 4 is 0 Å². The van der Waals surface area contributed by atoms with E-state index < -0.39 is 0 Å². The van der Waals surface area contributed by atoms with Crippen LogP contribution in [0, 0.1) is 6.92 Å². The van der Waals surface area contributed by atoms with E-state index in [1.54, 1.807) is 6.20 Å². The van der Waals surface area contributed by atoms with Gasteiger partial charge in [-0.2, -0.15) is 0 Å². The summed E-state index contributed by atoms with van der Waals surface area (Å²) in [6.07, 6.45) is 2.61. The van der Waals surface area contributed by atoms with Crippen molar-refractivity contribution in [2.45, 2.75) is 26.8 Å². The molecule has 2 aromatic rings. The van der Waals surface area contributed by atoms with E-state index in [4.69, 9.17) is 4.74 Å². The fourth-order valence-electron chi connectivity index (χ4n) is 1.91. The highest BCUT2D eigenvalue weighted by Gasteiger charge is 2.05. The number of rotatable bonds is 7. The van der Waals surface area contributed by atoms with E-state index in [0.29, 0.717) is 6.61 Å². The molecule has 20 heavy (non-hydrogen) atoms. The molecule has 0 saturated carbocycles. The minimum atomic E-state index is 0.612. The average Bonchev–Trinajstić information content (AvgIpc) is 2.48. The zero-order valence-electron chi connectivity index (χ0n) is 12.1. The molecule has 0 aliphatic carbocycles. The third-order valence-corrected chi connectivity index (χ3v) is 2.96. The highest BCUT2D eigenvalue weighted by molar-refractivity contribution is 5.29. The molecule has 0 atom stereocenters. The second-order valence-electron chi connectivity index (χ2n) is 4.60. The second-order valence-corrected chi connectivity index (χ2v) is 4.60. The van der Waals surface area contributed by atoms with Gasteiger partial charge in [0.2, 0.25) is 0 Å². The summed E-state index contributed by atoms with van der Waals surface area (Å²) in [4.78, 5) is 8.82. The lowest BCUT2D eigenvalue weighted by atomic mass is 10.2. The van der Waals surface area contributed by atoms with Crippen molar-refractivity contribution in [2.24, 2.45) is 0 Å². The van der Waals surface area contributed by atoms with E-state index in [9.17, 15) is 0 Å². The van der Waals surface area contributed by atoms with Crippen LogP contribution in [0.2, 0.25) is 0 Å². The maximum atomic E-state index is 5.85. The van der Waals surface area contributed by atoms with E-state index in [-0.39, 0.29) is 0 Å². The van der Waals surface area contributed by atoms with Gasteiger partial charge in [-0.1, -0.05) is 13.0 Å². The largest absolute Gasteiger partial charge is 0.491 e. The smallest absolute Gasteiger partial charge is 0.142 e. The number of ether oxygens (including phenoxy) is 1. The Morgan fingerprint density at radius 3 is 2.85 bits per heavy atom. The van der Waals surface area contributed by atoms with Gasteiger partial charge in [0.15, 0.2) is 0 Å². The molecule has 0 bridgehead atoms. The Morgan fingerprint density at radius 1 is 1.20 bits per heavy atom. The molecule has 0 radical (unpaired) electrons. The Bertz CT molecular complexity index is 529. The third kappa shape index (κ3) is 4.31. The Hall–Kier alpha value is -1.94. The molecule has 106 valence electrons. The maximum absolute atomic E-state index is 5.85. The Morgan fingerprint density at radius 2 is 2.10 bits per heavy atom. The van der Waals surface area contributed by atoms with Crippen LogP contribution in [0.1, 0.15) is 24.0 Å². The summed E-state index contributed by atoms with van der Waals surface area (Å²) in [7, 11) is 0. The molecule has 0 saturated heterocycles. The molecule has 0 aromatic carbocycles. The topological polar surface area (TPSA) is 47.0 Å². The number of nitrogens with one attached hydrogen (secondary N) is 1. The first-order valence-electron chi connectivity index (χ1n) is 6.99. The normalized spacial score (nSPS) is 10.5. The van der Waals surface area contributed by atoms with Crippen LogP contribution in [0.3, 0.4) is 0 Å². The summed E-state index contributed by atoms with van der Waals surface area (Å²) in [5.41, 5.74) is 3.02. The van der Waals surface area contributed by atoms with Crippen molar-refractivity contribution in [1.82, 2.24) is 15.3 Å². The third-order valence-electron chi connectivity index (χ3n) is 2.96. The van der Waals surface area contributed by atoms with Crippen molar-refractivity contribution in [1.29, 1.82) is 0 Å².